The second-order valence-electron chi connectivity index (χ2n) is 5.41. The normalized spacial score (nSPS) is 14.4. The Morgan fingerprint density at radius 1 is 1.06 bits per heavy atom. The van der Waals surface area contributed by atoms with Crippen LogP contribution in [0.25, 0.3) is 0 Å². The van der Waals surface area contributed by atoms with Gasteiger partial charge in [-0.2, -0.15) is 5.26 Å². The molecule has 0 heterocycles. The summed E-state index contributed by atoms with van der Waals surface area (Å²) in [7, 11) is 0. The third-order valence-corrected chi connectivity index (χ3v) is 3.91. The van der Waals surface area contributed by atoms with Crippen LogP contribution >= 0.6 is 0 Å². The summed E-state index contributed by atoms with van der Waals surface area (Å²) in [5.41, 5.74) is 0. The first-order chi connectivity index (χ1) is 8.67. The molecule has 2 atom stereocenters. The Bertz CT molecular complexity index is 218. The molecule has 0 spiro atoms. The average Bonchev–Trinajstić information content (AvgIpc) is 2.39. The van der Waals surface area contributed by atoms with Gasteiger partial charge >= 0.3 is 0 Å². The van der Waals surface area contributed by atoms with Crippen molar-refractivity contribution in [1.29, 1.82) is 5.26 Å². The summed E-state index contributed by atoms with van der Waals surface area (Å²) in [5, 5.41) is 8.50. The van der Waals surface area contributed by atoms with Crippen molar-refractivity contribution in [3.8, 4) is 6.07 Å². The molecule has 2 nitrogen and oxygen atoms in total. The summed E-state index contributed by atoms with van der Waals surface area (Å²) in [6, 6.07) is 2.13. The van der Waals surface area contributed by atoms with Gasteiger partial charge in [-0.05, 0) is 24.7 Å². The highest BCUT2D eigenvalue weighted by molar-refractivity contribution is 4.69. The molecule has 0 aliphatic rings. The van der Waals surface area contributed by atoms with E-state index in [1.807, 2.05) is 0 Å². The van der Waals surface area contributed by atoms with Crippen molar-refractivity contribution in [1.82, 2.24) is 0 Å². The van der Waals surface area contributed by atoms with Crippen LogP contribution in [0, 0.1) is 23.2 Å². The Morgan fingerprint density at radius 3 is 2.22 bits per heavy atom. The van der Waals surface area contributed by atoms with Gasteiger partial charge in [-0.25, -0.2) is 0 Å². The van der Waals surface area contributed by atoms with Crippen LogP contribution in [-0.2, 0) is 4.74 Å². The number of nitriles is 1. The minimum Gasteiger partial charge on any atom is -0.377 e. The minimum atomic E-state index is 0.343. The number of nitrogens with zero attached hydrogens (tertiary/aromatic N) is 1. The van der Waals surface area contributed by atoms with E-state index in [0.29, 0.717) is 19.1 Å². The highest BCUT2D eigenvalue weighted by Gasteiger charge is 2.13. The smallest absolute Gasteiger partial charge is 0.0645 e. The highest BCUT2D eigenvalue weighted by atomic mass is 16.5. The molecule has 2 unspecified atom stereocenters. The number of rotatable bonds is 11. The zero-order chi connectivity index (χ0) is 13.8. The van der Waals surface area contributed by atoms with Crippen LogP contribution in [0.1, 0.15) is 72.6 Å². The molecule has 0 aliphatic heterocycles. The summed E-state index contributed by atoms with van der Waals surface area (Å²) < 4.78 is 5.74. The van der Waals surface area contributed by atoms with Crippen LogP contribution < -0.4 is 0 Å². The fraction of sp³-hybridized carbons (Fsp3) is 0.938. The molecule has 0 radical (unpaired) electrons. The first-order valence-corrected chi connectivity index (χ1v) is 7.66. The summed E-state index contributed by atoms with van der Waals surface area (Å²) in [5.74, 6) is 1.63. The number of hydrogen-bond donors (Lipinski definition) is 0. The van der Waals surface area contributed by atoms with Crippen molar-refractivity contribution in [3.63, 3.8) is 0 Å². The molecule has 0 N–H and O–H groups in total. The zero-order valence-corrected chi connectivity index (χ0v) is 12.7. The van der Waals surface area contributed by atoms with Crippen LogP contribution in [0.4, 0.5) is 0 Å². The second kappa shape index (κ2) is 11.5. The van der Waals surface area contributed by atoms with Crippen LogP contribution in [0.3, 0.4) is 0 Å². The Kier molecular flexibility index (Phi) is 11.2. The fourth-order valence-electron chi connectivity index (χ4n) is 2.41. The van der Waals surface area contributed by atoms with E-state index in [9.17, 15) is 0 Å². The Balaban J connectivity index is 3.81. The Morgan fingerprint density at radius 2 is 1.72 bits per heavy atom. The SMILES string of the molecule is CCC(CC)CCC(C)CC(CC)OCCC#N. The lowest BCUT2D eigenvalue weighted by atomic mass is 9.90. The molecule has 0 rings (SSSR count). The van der Waals surface area contributed by atoms with Gasteiger partial charge in [0, 0.05) is 0 Å². The van der Waals surface area contributed by atoms with E-state index < -0.39 is 0 Å². The maximum Gasteiger partial charge on any atom is 0.0645 e. The summed E-state index contributed by atoms with van der Waals surface area (Å²) in [6.07, 6.45) is 8.32. The van der Waals surface area contributed by atoms with Gasteiger partial charge in [0.15, 0.2) is 0 Å². The summed E-state index contributed by atoms with van der Waals surface area (Å²) >= 11 is 0. The van der Waals surface area contributed by atoms with Crippen LogP contribution in [0.5, 0.6) is 0 Å². The molecule has 0 fully saturated rings. The van der Waals surface area contributed by atoms with E-state index in [0.717, 1.165) is 24.7 Å². The molecule has 0 saturated carbocycles. The first-order valence-electron chi connectivity index (χ1n) is 7.66. The largest absolute Gasteiger partial charge is 0.377 e. The van der Waals surface area contributed by atoms with E-state index in [-0.39, 0.29) is 0 Å². The van der Waals surface area contributed by atoms with Crippen molar-refractivity contribution in [3.05, 3.63) is 0 Å². The lowest BCUT2D eigenvalue weighted by molar-refractivity contribution is 0.0372. The van der Waals surface area contributed by atoms with Crippen molar-refractivity contribution in [2.24, 2.45) is 11.8 Å². The Labute approximate surface area is 114 Å². The molecule has 0 aromatic carbocycles. The molecule has 18 heavy (non-hydrogen) atoms. The van der Waals surface area contributed by atoms with Crippen molar-refractivity contribution >= 4 is 0 Å². The third kappa shape index (κ3) is 8.53. The van der Waals surface area contributed by atoms with Gasteiger partial charge in [0.05, 0.1) is 25.2 Å². The second-order valence-corrected chi connectivity index (χ2v) is 5.41. The van der Waals surface area contributed by atoms with Crippen molar-refractivity contribution in [2.45, 2.75) is 78.7 Å². The van der Waals surface area contributed by atoms with Gasteiger partial charge in [-0.15, -0.1) is 0 Å². The predicted molar refractivity (Wildman–Crippen MR) is 77.3 cm³/mol. The first kappa shape index (κ1) is 17.4. The van der Waals surface area contributed by atoms with Crippen molar-refractivity contribution in [2.75, 3.05) is 6.61 Å². The standard InChI is InChI=1S/C16H31NO/c1-5-15(6-2)10-9-14(4)13-16(7-3)18-12-8-11-17/h14-16H,5-10,12-13H2,1-4H3. The maximum absolute atomic E-state index is 8.50. The summed E-state index contributed by atoms with van der Waals surface area (Å²) in [4.78, 5) is 0. The number of hydrogen-bond acceptors (Lipinski definition) is 2. The number of ether oxygens (including phenoxy) is 1. The van der Waals surface area contributed by atoms with Crippen LogP contribution in [-0.4, -0.2) is 12.7 Å². The molecular weight excluding hydrogens is 222 g/mol. The van der Waals surface area contributed by atoms with Gasteiger partial charge < -0.3 is 4.74 Å². The van der Waals surface area contributed by atoms with Gasteiger partial charge in [0.2, 0.25) is 0 Å². The average molecular weight is 253 g/mol. The van der Waals surface area contributed by atoms with Gasteiger partial charge in [0.25, 0.3) is 0 Å². The predicted octanol–water partition coefficient (Wildman–Crippen LogP) is 4.94. The van der Waals surface area contributed by atoms with Crippen molar-refractivity contribution < 1.29 is 4.74 Å². The van der Waals surface area contributed by atoms with E-state index in [1.165, 1.54) is 25.7 Å². The summed E-state index contributed by atoms with van der Waals surface area (Å²) in [6.45, 7) is 9.68. The van der Waals surface area contributed by atoms with Gasteiger partial charge in [-0.1, -0.05) is 53.4 Å². The topological polar surface area (TPSA) is 33.0 Å². The highest BCUT2D eigenvalue weighted by Crippen LogP contribution is 2.22. The van der Waals surface area contributed by atoms with Crippen LogP contribution in [0.2, 0.25) is 0 Å². The molecule has 0 amide bonds. The molecule has 0 aromatic heterocycles. The van der Waals surface area contributed by atoms with E-state index in [2.05, 4.69) is 33.8 Å². The van der Waals surface area contributed by atoms with E-state index in [1.54, 1.807) is 0 Å². The molecule has 0 bridgehead atoms. The van der Waals surface area contributed by atoms with E-state index >= 15 is 0 Å². The molecule has 0 aliphatic carbocycles. The van der Waals surface area contributed by atoms with Crippen LogP contribution in [0.15, 0.2) is 0 Å². The van der Waals surface area contributed by atoms with Gasteiger partial charge in [-0.3, -0.25) is 0 Å². The molecular formula is C16H31NO. The maximum atomic E-state index is 8.50. The lowest BCUT2D eigenvalue weighted by Crippen LogP contribution is -2.17. The minimum absolute atomic E-state index is 0.343. The van der Waals surface area contributed by atoms with Gasteiger partial charge in [0.1, 0.15) is 0 Å². The molecule has 2 heteroatoms. The third-order valence-electron chi connectivity index (χ3n) is 3.91. The zero-order valence-electron chi connectivity index (χ0n) is 12.7. The molecule has 0 saturated heterocycles. The quantitative estimate of drug-likeness (QED) is 0.489. The fourth-order valence-corrected chi connectivity index (χ4v) is 2.41. The lowest BCUT2D eigenvalue weighted by Gasteiger charge is -2.21. The van der Waals surface area contributed by atoms with E-state index in [4.69, 9.17) is 10.00 Å². The molecule has 106 valence electrons. The Hall–Kier alpha value is -0.550. The monoisotopic (exact) mass is 253 g/mol. The molecule has 0 aromatic rings.